The lowest BCUT2D eigenvalue weighted by atomic mass is 10.2. The number of carbonyl (C=O) groups excluding carboxylic acids is 1. The third-order valence-electron chi connectivity index (χ3n) is 4.62. The normalized spacial score (nSPS) is 15.3. The van der Waals surface area contributed by atoms with Gasteiger partial charge in [-0.2, -0.15) is 0 Å². The van der Waals surface area contributed by atoms with Gasteiger partial charge >= 0.3 is 0 Å². The number of nitrogens with zero attached hydrogens (tertiary/aromatic N) is 2. The van der Waals surface area contributed by atoms with Gasteiger partial charge in [0.1, 0.15) is 5.75 Å². The molecule has 0 bridgehead atoms. The van der Waals surface area contributed by atoms with E-state index in [1.165, 1.54) is 12.1 Å². The maximum absolute atomic E-state index is 12.6. The van der Waals surface area contributed by atoms with Crippen LogP contribution in [0.5, 0.6) is 5.75 Å². The minimum atomic E-state index is -3.74. The molecule has 1 N–H and O–H groups in total. The smallest absolute Gasteiger partial charge is 0.261 e. The third kappa shape index (κ3) is 4.82. The van der Waals surface area contributed by atoms with Crippen LogP contribution in [0.1, 0.15) is 17.3 Å². The number of hydrogen-bond acceptors (Lipinski definition) is 5. The van der Waals surface area contributed by atoms with Crippen molar-refractivity contribution in [2.24, 2.45) is 0 Å². The van der Waals surface area contributed by atoms with Crippen molar-refractivity contribution in [2.45, 2.75) is 11.8 Å². The maximum Gasteiger partial charge on any atom is 0.261 e. The first kappa shape index (κ1) is 20.2. The van der Waals surface area contributed by atoms with Crippen LogP contribution < -0.4 is 9.46 Å². The van der Waals surface area contributed by atoms with Crippen LogP contribution in [0.3, 0.4) is 0 Å². The summed E-state index contributed by atoms with van der Waals surface area (Å²) in [6.45, 7) is 5.46. The molecule has 28 heavy (non-hydrogen) atoms. The third-order valence-corrected chi connectivity index (χ3v) is 6.02. The molecule has 0 saturated carbocycles. The molecule has 150 valence electrons. The Morgan fingerprint density at radius 2 is 1.61 bits per heavy atom. The number of nitrogens with one attached hydrogen (secondary N) is 1. The fraction of sp³-hybridized carbons (Fsp3) is 0.350. The molecule has 1 amide bonds. The van der Waals surface area contributed by atoms with E-state index in [4.69, 9.17) is 4.74 Å². The van der Waals surface area contributed by atoms with E-state index < -0.39 is 10.0 Å². The fourth-order valence-corrected chi connectivity index (χ4v) is 4.03. The standard InChI is InChI=1S/C20H25N3O4S/c1-3-27-18-8-6-17(7-9-18)21-28(25,26)19-10-4-16(5-11-19)20(24)23-14-12-22(2)13-15-23/h4-11,21H,3,12-15H2,1-2H3. The topological polar surface area (TPSA) is 78.9 Å². The molecule has 1 aliphatic heterocycles. The minimum Gasteiger partial charge on any atom is -0.494 e. The van der Waals surface area contributed by atoms with Gasteiger partial charge in [-0.3, -0.25) is 9.52 Å². The van der Waals surface area contributed by atoms with Crippen LogP contribution in [0.25, 0.3) is 0 Å². The summed E-state index contributed by atoms with van der Waals surface area (Å²) in [5.41, 5.74) is 0.936. The van der Waals surface area contributed by atoms with E-state index in [9.17, 15) is 13.2 Å². The minimum absolute atomic E-state index is 0.0727. The number of sulfonamides is 1. The zero-order chi connectivity index (χ0) is 20.1. The van der Waals surface area contributed by atoms with Crippen LogP contribution in [0, 0.1) is 0 Å². The molecule has 8 heteroatoms. The summed E-state index contributed by atoms with van der Waals surface area (Å²) in [5, 5.41) is 0. The van der Waals surface area contributed by atoms with Crippen LogP contribution >= 0.6 is 0 Å². The predicted octanol–water partition coefficient (Wildman–Crippen LogP) is 2.27. The summed E-state index contributed by atoms with van der Waals surface area (Å²) >= 11 is 0. The first-order chi connectivity index (χ1) is 13.4. The average molecular weight is 404 g/mol. The lowest BCUT2D eigenvalue weighted by molar-refractivity contribution is 0.0664. The number of amides is 1. The predicted molar refractivity (Wildman–Crippen MR) is 108 cm³/mol. The number of hydrogen-bond donors (Lipinski definition) is 1. The van der Waals surface area contributed by atoms with Crippen molar-refractivity contribution in [3.8, 4) is 5.75 Å². The number of ether oxygens (including phenoxy) is 1. The molecule has 1 saturated heterocycles. The van der Waals surface area contributed by atoms with E-state index in [1.54, 1.807) is 41.3 Å². The Morgan fingerprint density at radius 1 is 1.00 bits per heavy atom. The number of piperazine rings is 1. The van der Waals surface area contributed by atoms with Gasteiger partial charge < -0.3 is 14.5 Å². The van der Waals surface area contributed by atoms with Gasteiger partial charge in [0.05, 0.1) is 11.5 Å². The molecule has 0 atom stereocenters. The summed E-state index contributed by atoms with van der Waals surface area (Å²) in [6.07, 6.45) is 0. The maximum atomic E-state index is 12.6. The van der Waals surface area contributed by atoms with Crippen molar-refractivity contribution in [1.29, 1.82) is 0 Å². The number of rotatable bonds is 6. The molecule has 1 fully saturated rings. The van der Waals surface area contributed by atoms with E-state index in [1.807, 2.05) is 14.0 Å². The fourth-order valence-electron chi connectivity index (χ4n) is 2.97. The van der Waals surface area contributed by atoms with Crippen LogP contribution in [-0.2, 0) is 10.0 Å². The first-order valence-corrected chi connectivity index (χ1v) is 10.7. The largest absolute Gasteiger partial charge is 0.494 e. The number of likely N-dealkylation sites (N-methyl/N-ethyl adjacent to an activating group) is 1. The quantitative estimate of drug-likeness (QED) is 0.801. The van der Waals surface area contributed by atoms with Crippen LogP contribution in [-0.4, -0.2) is 64.0 Å². The molecule has 2 aromatic carbocycles. The van der Waals surface area contributed by atoms with Gasteiger partial charge in [0.15, 0.2) is 0 Å². The van der Waals surface area contributed by atoms with E-state index in [0.29, 0.717) is 36.7 Å². The highest BCUT2D eigenvalue weighted by molar-refractivity contribution is 7.92. The molecule has 0 aromatic heterocycles. The van der Waals surface area contributed by atoms with Crippen LogP contribution in [0.15, 0.2) is 53.4 Å². The number of carbonyl (C=O) groups is 1. The van der Waals surface area contributed by atoms with Crippen molar-refractivity contribution < 1.29 is 17.9 Å². The van der Waals surface area contributed by atoms with Crippen LogP contribution in [0.4, 0.5) is 5.69 Å². The summed E-state index contributed by atoms with van der Waals surface area (Å²) < 4.78 is 33.1. The van der Waals surface area contributed by atoms with Gasteiger partial charge in [-0.15, -0.1) is 0 Å². The molecule has 1 heterocycles. The Balaban J connectivity index is 1.68. The molecule has 1 aliphatic rings. The molecule has 7 nitrogen and oxygen atoms in total. The zero-order valence-corrected chi connectivity index (χ0v) is 16.9. The summed E-state index contributed by atoms with van der Waals surface area (Å²) in [7, 11) is -1.71. The average Bonchev–Trinajstić information content (AvgIpc) is 2.70. The van der Waals surface area contributed by atoms with Gasteiger partial charge in [0.2, 0.25) is 0 Å². The Morgan fingerprint density at radius 3 is 2.18 bits per heavy atom. The summed E-state index contributed by atoms with van der Waals surface area (Å²) in [5.74, 6) is 0.605. The molecular weight excluding hydrogens is 378 g/mol. The van der Waals surface area contributed by atoms with E-state index in [0.717, 1.165) is 13.1 Å². The van der Waals surface area contributed by atoms with Gasteiger partial charge in [-0.1, -0.05) is 0 Å². The van der Waals surface area contributed by atoms with Crippen molar-refractivity contribution in [3.63, 3.8) is 0 Å². The Bertz CT molecular complexity index is 903. The SMILES string of the molecule is CCOc1ccc(NS(=O)(=O)c2ccc(C(=O)N3CCN(C)CC3)cc2)cc1. The van der Waals surface area contributed by atoms with E-state index in [-0.39, 0.29) is 10.8 Å². The highest BCUT2D eigenvalue weighted by Gasteiger charge is 2.21. The molecular formula is C20H25N3O4S. The Labute approximate surface area is 166 Å². The summed E-state index contributed by atoms with van der Waals surface area (Å²) in [6, 6.07) is 12.8. The van der Waals surface area contributed by atoms with E-state index >= 15 is 0 Å². The lowest BCUT2D eigenvalue weighted by Gasteiger charge is -2.32. The monoisotopic (exact) mass is 403 g/mol. The van der Waals surface area contributed by atoms with Gasteiger partial charge in [0, 0.05) is 37.4 Å². The molecule has 0 radical (unpaired) electrons. The molecule has 0 spiro atoms. The molecule has 2 aromatic rings. The highest BCUT2D eigenvalue weighted by Crippen LogP contribution is 2.20. The number of benzene rings is 2. The Kier molecular flexibility index (Phi) is 6.21. The summed E-state index contributed by atoms with van der Waals surface area (Å²) in [4.78, 5) is 16.6. The second-order valence-electron chi connectivity index (χ2n) is 6.68. The Hall–Kier alpha value is -2.58. The van der Waals surface area contributed by atoms with Gasteiger partial charge in [0.25, 0.3) is 15.9 Å². The van der Waals surface area contributed by atoms with Crippen LogP contribution in [0.2, 0.25) is 0 Å². The van der Waals surface area contributed by atoms with Gasteiger partial charge in [-0.05, 0) is 62.5 Å². The lowest BCUT2D eigenvalue weighted by Crippen LogP contribution is -2.47. The first-order valence-electron chi connectivity index (χ1n) is 9.22. The van der Waals surface area contributed by atoms with Crippen molar-refractivity contribution >= 4 is 21.6 Å². The van der Waals surface area contributed by atoms with Crippen molar-refractivity contribution in [3.05, 3.63) is 54.1 Å². The zero-order valence-electron chi connectivity index (χ0n) is 16.1. The molecule has 0 unspecified atom stereocenters. The van der Waals surface area contributed by atoms with Crippen molar-refractivity contribution in [1.82, 2.24) is 9.80 Å². The second-order valence-corrected chi connectivity index (χ2v) is 8.37. The second kappa shape index (κ2) is 8.62. The molecule has 3 rings (SSSR count). The van der Waals surface area contributed by atoms with Crippen molar-refractivity contribution in [2.75, 3.05) is 44.6 Å². The van der Waals surface area contributed by atoms with Gasteiger partial charge in [-0.25, -0.2) is 8.42 Å². The van der Waals surface area contributed by atoms with E-state index in [2.05, 4.69) is 9.62 Å². The number of anilines is 1. The molecule has 0 aliphatic carbocycles. The highest BCUT2D eigenvalue weighted by atomic mass is 32.2.